The van der Waals surface area contributed by atoms with Crippen molar-refractivity contribution in [2.45, 2.75) is 13.1 Å². The molecule has 3 aromatic carbocycles. The fourth-order valence-electron chi connectivity index (χ4n) is 4.07. The van der Waals surface area contributed by atoms with E-state index in [0.29, 0.717) is 24.4 Å². The van der Waals surface area contributed by atoms with E-state index in [2.05, 4.69) is 39.6 Å². The van der Waals surface area contributed by atoms with Crippen LogP contribution in [0.25, 0.3) is 16.7 Å². The number of rotatable bonds is 6. The first kappa shape index (κ1) is 19.8. The number of para-hydroxylation sites is 2. The topological polar surface area (TPSA) is 67.2 Å². The molecule has 5 rings (SSSR count). The summed E-state index contributed by atoms with van der Waals surface area (Å²) in [4.78, 5) is 31.0. The number of aromatic nitrogens is 2. The normalized spacial score (nSPS) is 12.9. The second kappa shape index (κ2) is 8.15. The monoisotopic (exact) mass is 422 g/mol. The molecule has 0 spiro atoms. The molecule has 4 aromatic rings. The van der Waals surface area contributed by atoms with Crippen molar-refractivity contribution in [3.05, 3.63) is 108 Å². The highest BCUT2D eigenvalue weighted by molar-refractivity contribution is 6.10. The Morgan fingerprint density at radius 3 is 2.53 bits per heavy atom. The van der Waals surface area contributed by atoms with Crippen molar-refractivity contribution < 1.29 is 9.59 Å². The smallest absolute Gasteiger partial charge is 0.259 e. The van der Waals surface area contributed by atoms with E-state index in [1.54, 1.807) is 6.07 Å². The summed E-state index contributed by atoms with van der Waals surface area (Å²) >= 11 is 0. The maximum atomic E-state index is 12.6. The molecule has 0 aliphatic carbocycles. The summed E-state index contributed by atoms with van der Waals surface area (Å²) < 4.78 is 2.11. The van der Waals surface area contributed by atoms with E-state index in [9.17, 15) is 9.59 Å². The van der Waals surface area contributed by atoms with Gasteiger partial charge in [-0.2, -0.15) is 0 Å². The van der Waals surface area contributed by atoms with Crippen molar-refractivity contribution in [2.75, 3.05) is 6.54 Å². The molecule has 0 radical (unpaired) electrons. The third kappa shape index (κ3) is 3.67. The highest BCUT2D eigenvalue weighted by Crippen LogP contribution is 2.30. The van der Waals surface area contributed by atoms with Crippen LogP contribution in [-0.2, 0) is 17.9 Å². The summed E-state index contributed by atoms with van der Waals surface area (Å²) in [6.45, 7) is 5.02. The van der Waals surface area contributed by atoms with Gasteiger partial charge in [0, 0.05) is 29.9 Å². The molecule has 1 aliphatic heterocycles. The van der Waals surface area contributed by atoms with Gasteiger partial charge in [-0.1, -0.05) is 61.2 Å². The Kier molecular flexibility index (Phi) is 5.03. The van der Waals surface area contributed by atoms with Crippen molar-refractivity contribution in [2.24, 2.45) is 0 Å². The van der Waals surface area contributed by atoms with Crippen molar-refractivity contribution in [3.8, 4) is 0 Å². The largest absolute Gasteiger partial charge is 0.350 e. The number of hydrogen-bond acceptors (Lipinski definition) is 3. The molecule has 0 saturated heterocycles. The van der Waals surface area contributed by atoms with E-state index in [0.717, 1.165) is 27.7 Å². The van der Waals surface area contributed by atoms with E-state index >= 15 is 0 Å². The number of carbonyl (C=O) groups excluding carboxylic acids is 2. The lowest BCUT2D eigenvalue weighted by Crippen LogP contribution is -2.36. The van der Waals surface area contributed by atoms with E-state index in [1.807, 2.05) is 54.9 Å². The molecule has 0 unspecified atom stereocenters. The number of fused-ring (bicyclic) bond motifs is 2. The number of carbonyl (C=O) groups is 2. The minimum atomic E-state index is -0.224. The standard InChI is InChI=1S/C26H22N4O2/c1-18-21-9-2-3-10-22(21)26(32)30(18)16-25(31)27-14-19-7-6-8-20(13-19)15-29-17-28-23-11-4-5-12-24(23)29/h2-13,17H,1,14-16H2,(H,27,31). The first-order valence-electron chi connectivity index (χ1n) is 10.4. The van der Waals surface area contributed by atoms with Crippen LogP contribution in [-0.4, -0.2) is 32.8 Å². The number of nitrogens with zero attached hydrogens (tertiary/aromatic N) is 3. The van der Waals surface area contributed by atoms with Gasteiger partial charge in [0.05, 0.1) is 17.4 Å². The van der Waals surface area contributed by atoms with Gasteiger partial charge in [0.25, 0.3) is 5.91 Å². The number of benzene rings is 3. The molecule has 1 N–H and O–H groups in total. The fraction of sp³-hybridized carbons (Fsp3) is 0.115. The highest BCUT2D eigenvalue weighted by atomic mass is 16.2. The van der Waals surface area contributed by atoms with E-state index in [-0.39, 0.29) is 18.4 Å². The van der Waals surface area contributed by atoms with Crippen LogP contribution in [0.2, 0.25) is 0 Å². The van der Waals surface area contributed by atoms with Crippen molar-refractivity contribution in [1.82, 2.24) is 19.8 Å². The average molecular weight is 422 g/mol. The van der Waals surface area contributed by atoms with Gasteiger partial charge in [0.15, 0.2) is 0 Å². The lowest BCUT2D eigenvalue weighted by atomic mass is 10.1. The minimum absolute atomic E-state index is 0.0485. The number of imidazole rings is 1. The quantitative estimate of drug-likeness (QED) is 0.514. The molecule has 0 fully saturated rings. The fourth-order valence-corrected chi connectivity index (χ4v) is 4.07. The Balaban J connectivity index is 1.22. The molecule has 6 heteroatoms. The van der Waals surface area contributed by atoms with Crippen LogP contribution in [0.4, 0.5) is 0 Å². The number of nitrogens with one attached hydrogen (secondary N) is 1. The third-order valence-electron chi connectivity index (χ3n) is 5.70. The summed E-state index contributed by atoms with van der Waals surface area (Å²) in [6, 6.07) is 23.4. The van der Waals surface area contributed by atoms with Crippen molar-refractivity contribution >= 4 is 28.5 Å². The second-order valence-corrected chi connectivity index (χ2v) is 7.84. The third-order valence-corrected chi connectivity index (χ3v) is 5.70. The van der Waals surface area contributed by atoms with Crippen LogP contribution in [0.1, 0.15) is 27.0 Å². The molecule has 6 nitrogen and oxygen atoms in total. The molecule has 2 amide bonds. The van der Waals surface area contributed by atoms with Gasteiger partial charge < -0.3 is 9.88 Å². The summed E-state index contributed by atoms with van der Waals surface area (Å²) in [6.07, 6.45) is 1.84. The number of amides is 2. The maximum Gasteiger partial charge on any atom is 0.259 e. The van der Waals surface area contributed by atoms with Crippen LogP contribution >= 0.6 is 0 Å². The zero-order valence-corrected chi connectivity index (χ0v) is 17.5. The first-order chi connectivity index (χ1) is 15.6. The van der Waals surface area contributed by atoms with E-state index in [1.165, 1.54) is 4.90 Å². The Labute approximate surface area is 185 Å². The summed E-state index contributed by atoms with van der Waals surface area (Å²) in [5.41, 5.74) is 6.11. The van der Waals surface area contributed by atoms with Crippen LogP contribution in [0, 0.1) is 0 Å². The zero-order valence-electron chi connectivity index (χ0n) is 17.5. The number of hydrogen-bond donors (Lipinski definition) is 1. The van der Waals surface area contributed by atoms with Crippen LogP contribution in [0.5, 0.6) is 0 Å². The van der Waals surface area contributed by atoms with Gasteiger partial charge >= 0.3 is 0 Å². The molecule has 1 aliphatic rings. The Bertz CT molecular complexity index is 1320. The molecular weight excluding hydrogens is 400 g/mol. The lowest BCUT2D eigenvalue weighted by Gasteiger charge is -2.17. The molecule has 158 valence electrons. The van der Waals surface area contributed by atoms with Gasteiger partial charge in [0.2, 0.25) is 5.91 Å². The average Bonchev–Trinajstić information content (AvgIpc) is 3.33. The Morgan fingerprint density at radius 2 is 1.69 bits per heavy atom. The lowest BCUT2D eigenvalue weighted by molar-refractivity contribution is -0.121. The van der Waals surface area contributed by atoms with Gasteiger partial charge in [-0.3, -0.25) is 14.5 Å². The van der Waals surface area contributed by atoms with Gasteiger partial charge in [-0.25, -0.2) is 4.98 Å². The highest BCUT2D eigenvalue weighted by Gasteiger charge is 2.31. The molecule has 2 heterocycles. The zero-order chi connectivity index (χ0) is 22.1. The molecule has 32 heavy (non-hydrogen) atoms. The van der Waals surface area contributed by atoms with E-state index < -0.39 is 0 Å². The predicted octanol–water partition coefficient (Wildman–Crippen LogP) is 3.83. The Hall–Kier alpha value is -4.19. The van der Waals surface area contributed by atoms with Crippen LogP contribution < -0.4 is 5.32 Å². The van der Waals surface area contributed by atoms with Crippen molar-refractivity contribution in [3.63, 3.8) is 0 Å². The Morgan fingerprint density at radius 1 is 0.938 bits per heavy atom. The summed E-state index contributed by atoms with van der Waals surface area (Å²) in [7, 11) is 0. The van der Waals surface area contributed by atoms with Gasteiger partial charge in [-0.05, 0) is 29.3 Å². The van der Waals surface area contributed by atoms with E-state index in [4.69, 9.17) is 0 Å². The second-order valence-electron chi connectivity index (χ2n) is 7.84. The first-order valence-corrected chi connectivity index (χ1v) is 10.4. The predicted molar refractivity (Wildman–Crippen MR) is 124 cm³/mol. The van der Waals surface area contributed by atoms with Gasteiger partial charge in [-0.15, -0.1) is 0 Å². The van der Waals surface area contributed by atoms with Crippen molar-refractivity contribution in [1.29, 1.82) is 0 Å². The SMILES string of the molecule is C=C1c2ccccc2C(=O)N1CC(=O)NCc1cccc(Cn2cnc3ccccc32)c1. The van der Waals surface area contributed by atoms with Gasteiger partial charge in [0.1, 0.15) is 6.54 Å². The summed E-state index contributed by atoms with van der Waals surface area (Å²) in [5.74, 6) is -0.409. The molecule has 0 saturated carbocycles. The van der Waals surface area contributed by atoms with Crippen LogP contribution in [0.15, 0.2) is 85.7 Å². The maximum absolute atomic E-state index is 12.6. The molecule has 1 aromatic heterocycles. The van der Waals surface area contributed by atoms with Crippen LogP contribution in [0.3, 0.4) is 0 Å². The molecule has 0 bridgehead atoms. The molecular formula is C26H22N4O2. The molecule has 0 atom stereocenters. The minimum Gasteiger partial charge on any atom is -0.350 e. The summed E-state index contributed by atoms with van der Waals surface area (Å²) in [5, 5.41) is 2.92.